The van der Waals surface area contributed by atoms with E-state index < -0.39 is 8.32 Å². The summed E-state index contributed by atoms with van der Waals surface area (Å²) in [5.74, 6) is -0.0748. The van der Waals surface area contributed by atoms with Crippen molar-refractivity contribution in [2.24, 2.45) is 0 Å². The van der Waals surface area contributed by atoms with E-state index in [0.29, 0.717) is 6.42 Å². The Morgan fingerprint density at radius 3 is 1.90 bits per heavy atom. The maximum atomic E-state index is 10.6. The van der Waals surface area contributed by atoms with E-state index in [1.807, 2.05) is 26.6 Å². The Morgan fingerprint density at radius 2 is 1.80 bits per heavy atom. The second-order valence-corrected chi connectivity index (χ2v) is 7.37. The van der Waals surface area contributed by atoms with E-state index in [4.69, 9.17) is 4.43 Å². The van der Waals surface area contributed by atoms with Gasteiger partial charge in [-0.25, -0.2) is 0 Å². The molecule has 0 aromatic rings. The third-order valence-corrected chi connectivity index (χ3v) is 1.55. The minimum absolute atomic E-state index is 0. The molecule has 0 N–H and O–H groups in total. The Morgan fingerprint density at radius 1 is 1.40 bits per heavy atom. The Hall–Kier alpha value is 0.687. The van der Waals surface area contributed by atoms with Crippen molar-refractivity contribution >= 4 is 43.8 Å². The number of carbonyl (C=O) groups excluding carboxylic acids is 1. The van der Waals surface area contributed by atoms with Crippen molar-refractivity contribution in [3.8, 4) is 0 Å². The molecule has 0 aliphatic rings. The molecule has 4 heteroatoms. The van der Waals surface area contributed by atoms with Gasteiger partial charge in [0.1, 0.15) is 0 Å². The van der Waals surface area contributed by atoms with E-state index in [1.165, 1.54) is 0 Å². The molecule has 0 saturated carbocycles. The normalized spacial score (nSPS) is 10.0. The van der Waals surface area contributed by atoms with Crippen LogP contribution < -0.4 is 0 Å². The topological polar surface area (TPSA) is 26.3 Å². The minimum atomic E-state index is -1.59. The molecule has 1 radical (unpaired) electrons. The van der Waals surface area contributed by atoms with Crippen molar-refractivity contribution in [2.75, 3.05) is 0 Å². The van der Waals surface area contributed by atoms with Crippen molar-refractivity contribution in [3.05, 3.63) is 0 Å². The Kier molecular flexibility index (Phi) is 7.11. The second-order valence-electron chi connectivity index (χ2n) is 2.94. The molecule has 2 nitrogen and oxygen atoms in total. The molecule has 55 valence electrons. The summed E-state index contributed by atoms with van der Waals surface area (Å²) >= 11 is 0. The number of hydrogen-bond acceptors (Lipinski definition) is 2. The summed E-state index contributed by atoms with van der Waals surface area (Å²) < 4.78 is 5.09. The SMILES string of the molecule is CCC(=O)O[Si](C)(C)C.[Na]. The number of hydrogen-bond donors (Lipinski definition) is 0. The van der Waals surface area contributed by atoms with E-state index in [-0.39, 0.29) is 35.5 Å². The van der Waals surface area contributed by atoms with Gasteiger partial charge in [-0.1, -0.05) is 6.92 Å². The Balaban J connectivity index is 0. The molecule has 0 atom stereocenters. The first-order valence-corrected chi connectivity index (χ1v) is 6.58. The van der Waals surface area contributed by atoms with E-state index in [1.54, 1.807) is 0 Å². The Bertz CT molecular complexity index is 109. The third kappa shape index (κ3) is 8.69. The molecule has 0 heterocycles. The fourth-order valence-corrected chi connectivity index (χ4v) is 1.24. The zero-order valence-corrected chi connectivity index (χ0v) is 10.5. The average Bonchev–Trinajstić information content (AvgIpc) is 1.62. The van der Waals surface area contributed by atoms with Crippen LogP contribution in [-0.2, 0) is 9.22 Å². The zero-order chi connectivity index (χ0) is 7.49. The van der Waals surface area contributed by atoms with Crippen molar-refractivity contribution in [1.82, 2.24) is 0 Å². The van der Waals surface area contributed by atoms with Crippen LogP contribution in [0.15, 0.2) is 0 Å². The molecule has 0 aliphatic carbocycles. The fourth-order valence-electron chi connectivity index (χ4n) is 0.414. The fraction of sp³-hybridized carbons (Fsp3) is 0.833. The molecule has 0 spiro atoms. The van der Waals surface area contributed by atoms with Crippen molar-refractivity contribution in [1.29, 1.82) is 0 Å². The maximum Gasteiger partial charge on any atom is 0.292 e. The smallest absolute Gasteiger partial charge is 0.292 e. The zero-order valence-electron chi connectivity index (χ0n) is 7.52. The van der Waals surface area contributed by atoms with Crippen LogP contribution in [0.2, 0.25) is 19.6 Å². The van der Waals surface area contributed by atoms with Crippen LogP contribution in [0, 0.1) is 0 Å². The maximum absolute atomic E-state index is 10.6. The van der Waals surface area contributed by atoms with Gasteiger partial charge in [-0.15, -0.1) is 0 Å². The summed E-state index contributed by atoms with van der Waals surface area (Å²) in [6.07, 6.45) is 0.490. The van der Waals surface area contributed by atoms with E-state index in [2.05, 4.69) is 0 Å². The quantitative estimate of drug-likeness (QED) is 0.584. The summed E-state index contributed by atoms with van der Waals surface area (Å²) in [5, 5.41) is 0. The largest absolute Gasteiger partial charge is 0.520 e. The minimum Gasteiger partial charge on any atom is -0.520 e. The predicted octanol–water partition coefficient (Wildman–Crippen LogP) is 1.39. The molecule has 0 fully saturated rings. The predicted molar refractivity (Wildman–Crippen MR) is 45.5 cm³/mol. The van der Waals surface area contributed by atoms with Gasteiger partial charge < -0.3 is 4.43 Å². The summed E-state index contributed by atoms with van der Waals surface area (Å²) in [4.78, 5) is 10.6. The second kappa shape index (κ2) is 5.35. The molecule has 0 rings (SSSR count). The summed E-state index contributed by atoms with van der Waals surface area (Å²) in [6, 6.07) is 0. The van der Waals surface area contributed by atoms with Gasteiger partial charge in [-0.05, 0) is 19.6 Å². The Labute approximate surface area is 85.8 Å². The van der Waals surface area contributed by atoms with Crippen LogP contribution in [0.1, 0.15) is 13.3 Å². The van der Waals surface area contributed by atoms with Crippen LogP contribution in [0.3, 0.4) is 0 Å². The van der Waals surface area contributed by atoms with Gasteiger partial charge in [0.2, 0.25) is 8.32 Å². The summed E-state index contributed by atoms with van der Waals surface area (Å²) in [6.45, 7) is 7.81. The van der Waals surface area contributed by atoms with Crippen LogP contribution in [0.25, 0.3) is 0 Å². The van der Waals surface area contributed by atoms with Crippen molar-refractivity contribution in [2.45, 2.75) is 33.0 Å². The van der Waals surface area contributed by atoms with Gasteiger partial charge in [0, 0.05) is 36.0 Å². The summed E-state index contributed by atoms with van der Waals surface area (Å²) in [7, 11) is -1.59. The average molecular weight is 169 g/mol. The summed E-state index contributed by atoms with van der Waals surface area (Å²) in [5.41, 5.74) is 0. The van der Waals surface area contributed by atoms with Gasteiger partial charge in [0.25, 0.3) is 5.97 Å². The third-order valence-electron chi connectivity index (χ3n) is 0.709. The van der Waals surface area contributed by atoms with Gasteiger partial charge in [-0.3, -0.25) is 4.79 Å². The van der Waals surface area contributed by atoms with Crippen molar-refractivity contribution in [3.63, 3.8) is 0 Å². The first-order chi connectivity index (χ1) is 3.95. The number of rotatable bonds is 2. The van der Waals surface area contributed by atoms with Gasteiger partial charge in [0.15, 0.2) is 0 Å². The van der Waals surface area contributed by atoms with Crippen LogP contribution in [0.5, 0.6) is 0 Å². The molecule has 0 saturated heterocycles. The van der Waals surface area contributed by atoms with Gasteiger partial charge >= 0.3 is 0 Å². The molecule has 10 heavy (non-hydrogen) atoms. The molecule has 0 aromatic heterocycles. The molecule has 0 aliphatic heterocycles. The molecule has 0 bridgehead atoms. The number of carbonyl (C=O) groups is 1. The van der Waals surface area contributed by atoms with Crippen LogP contribution >= 0.6 is 0 Å². The molecule has 0 amide bonds. The molecular weight excluding hydrogens is 155 g/mol. The van der Waals surface area contributed by atoms with E-state index >= 15 is 0 Å². The van der Waals surface area contributed by atoms with E-state index in [9.17, 15) is 4.79 Å². The van der Waals surface area contributed by atoms with Gasteiger partial charge in [-0.2, -0.15) is 0 Å². The van der Waals surface area contributed by atoms with E-state index in [0.717, 1.165) is 0 Å². The molecule has 0 aromatic carbocycles. The van der Waals surface area contributed by atoms with Crippen LogP contribution in [0.4, 0.5) is 0 Å². The van der Waals surface area contributed by atoms with Gasteiger partial charge in [0.05, 0.1) is 0 Å². The molecular formula is C6H14NaO2Si. The standard InChI is InChI=1S/C6H14O2Si.Na/c1-5-6(7)8-9(2,3)4;/h5H2,1-4H3;. The monoisotopic (exact) mass is 169 g/mol. The molecule has 0 unspecified atom stereocenters. The van der Waals surface area contributed by atoms with Crippen molar-refractivity contribution < 1.29 is 9.22 Å². The van der Waals surface area contributed by atoms with Crippen LogP contribution in [-0.4, -0.2) is 43.8 Å². The first kappa shape index (κ1) is 13.3. The first-order valence-electron chi connectivity index (χ1n) is 3.17.